The SMILES string of the molecule is CC12CC(C1)[C@@H](S(=O)(=O)N1CCC(O)CC1)C2. The Morgan fingerprint density at radius 1 is 1.18 bits per heavy atom. The quantitative estimate of drug-likeness (QED) is 0.803. The van der Waals surface area contributed by atoms with Gasteiger partial charge in [0.25, 0.3) is 0 Å². The first-order valence-electron chi connectivity index (χ1n) is 6.58. The van der Waals surface area contributed by atoms with E-state index < -0.39 is 10.0 Å². The highest BCUT2D eigenvalue weighted by Crippen LogP contribution is 2.60. The minimum absolute atomic E-state index is 0.136. The van der Waals surface area contributed by atoms with Crippen molar-refractivity contribution in [2.24, 2.45) is 11.3 Å². The van der Waals surface area contributed by atoms with Gasteiger partial charge in [-0.2, -0.15) is 0 Å². The molecule has 0 spiro atoms. The molecule has 3 saturated carbocycles. The Balaban J connectivity index is 1.74. The molecule has 2 bridgehead atoms. The van der Waals surface area contributed by atoms with Crippen LogP contribution in [0.25, 0.3) is 0 Å². The highest BCUT2D eigenvalue weighted by molar-refractivity contribution is 7.89. The predicted octanol–water partition coefficient (Wildman–Crippen LogP) is 0.961. The Bertz CT molecular complexity index is 405. The lowest BCUT2D eigenvalue weighted by molar-refractivity contribution is 0.112. The van der Waals surface area contributed by atoms with Gasteiger partial charge in [-0.3, -0.25) is 0 Å². The second-order valence-electron chi connectivity index (χ2n) is 6.40. The molecular formula is C12H21NO3S. The van der Waals surface area contributed by atoms with E-state index in [4.69, 9.17) is 0 Å². The van der Waals surface area contributed by atoms with E-state index in [2.05, 4.69) is 6.92 Å². The summed E-state index contributed by atoms with van der Waals surface area (Å²) in [5.74, 6) is 0.400. The van der Waals surface area contributed by atoms with Gasteiger partial charge >= 0.3 is 0 Å². The second kappa shape index (κ2) is 3.68. The lowest BCUT2D eigenvalue weighted by atomic mass is 9.71. The van der Waals surface area contributed by atoms with Crippen LogP contribution in [0.5, 0.6) is 0 Å². The Labute approximate surface area is 103 Å². The van der Waals surface area contributed by atoms with Crippen LogP contribution in [0.1, 0.15) is 39.0 Å². The highest BCUT2D eigenvalue weighted by atomic mass is 32.2. The van der Waals surface area contributed by atoms with Crippen LogP contribution in [0.4, 0.5) is 0 Å². The molecule has 17 heavy (non-hydrogen) atoms. The van der Waals surface area contributed by atoms with E-state index in [-0.39, 0.29) is 11.4 Å². The number of nitrogens with zero attached hydrogens (tertiary/aromatic N) is 1. The van der Waals surface area contributed by atoms with E-state index in [1.165, 1.54) is 0 Å². The number of fused-ring (bicyclic) bond motifs is 1. The Kier molecular flexibility index (Phi) is 2.58. The van der Waals surface area contributed by atoms with Crippen molar-refractivity contribution < 1.29 is 13.5 Å². The molecule has 4 nitrogen and oxygen atoms in total. The maximum Gasteiger partial charge on any atom is 0.217 e. The van der Waals surface area contributed by atoms with Crippen molar-refractivity contribution in [3.05, 3.63) is 0 Å². The Hall–Kier alpha value is -0.130. The molecule has 0 aromatic carbocycles. The third-order valence-electron chi connectivity index (χ3n) is 4.90. The van der Waals surface area contributed by atoms with Gasteiger partial charge in [-0.15, -0.1) is 0 Å². The van der Waals surface area contributed by atoms with Crippen molar-refractivity contribution >= 4 is 10.0 Å². The van der Waals surface area contributed by atoms with Crippen LogP contribution in [0.15, 0.2) is 0 Å². The monoisotopic (exact) mass is 259 g/mol. The topological polar surface area (TPSA) is 57.6 Å². The first-order chi connectivity index (χ1) is 7.91. The van der Waals surface area contributed by atoms with Crippen LogP contribution in [-0.2, 0) is 10.0 Å². The van der Waals surface area contributed by atoms with Crippen molar-refractivity contribution in [3.63, 3.8) is 0 Å². The van der Waals surface area contributed by atoms with Gasteiger partial charge < -0.3 is 5.11 Å². The molecule has 0 aromatic heterocycles. The minimum atomic E-state index is -3.11. The van der Waals surface area contributed by atoms with E-state index in [1.807, 2.05) is 0 Å². The summed E-state index contributed by atoms with van der Waals surface area (Å²) >= 11 is 0. The number of hydrogen-bond acceptors (Lipinski definition) is 3. The molecule has 1 saturated heterocycles. The first kappa shape index (κ1) is 11.9. The molecule has 1 heterocycles. The third-order valence-corrected chi connectivity index (χ3v) is 7.30. The van der Waals surface area contributed by atoms with Crippen molar-refractivity contribution in [2.75, 3.05) is 13.1 Å². The fraction of sp³-hybridized carbons (Fsp3) is 1.00. The molecule has 98 valence electrons. The molecule has 1 atom stereocenters. The number of rotatable bonds is 2. The summed E-state index contributed by atoms with van der Waals surface area (Å²) < 4.78 is 26.7. The normalized spacial score (nSPS) is 43.6. The largest absolute Gasteiger partial charge is 0.393 e. The molecule has 0 radical (unpaired) electrons. The van der Waals surface area contributed by atoms with Gasteiger partial charge in [-0.1, -0.05) is 6.92 Å². The Morgan fingerprint density at radius 2 is 1.76 bits per heavy atom. The van der Waals surface area contributed by atoms with Crippen LogP contribution in [0.2, 0.25) is 0 Å². The van der Waals surface area contributed by atoms with E-state index >= 15 is 0 Å². The predicted molar refractivity (Wildman–Crippen MR) is 65.0 cm³/mol. The summed E-state index contributed by atoms with van der Waals surface area (Å²) in [6.07, 6.45) is 3.90. The molecule has 1 N–H and O–H groups in total. The standard InChI is InChI=1S/C12H21NO3S/c1-12-6-9(7-12)11(8-12)17(15,16)13-4-2-10(14)3-5-13/h9-11,14H,2-8H2,1H3/t9?,11-,12?/m0/s1. The van der Waals surface area contributed by atoms with E-state index in [0.29, 0.717) is 37.3 Å². The third kappa shape index (κ3) is 1.83. The maximum atomic E-state index is 12.5. The molecule has 4 fully saturated rings. The molecule has 0 amide bonds. The van der Waals surface area contributed by atoms with Crippen LogP contribution in [0, 0.1) is 11.3 Å². The zero-order chi connectivity index (χ0) is 12.3. The van der Waals surface area contributed by atoms with Gasteiger partial charge in [-0.25, -0.2) is 12.7 Å². The van der Waals surface area contributed by atoms with Gasteiger partial charge in [0.15, 0.2) is 0 Å². The van der Waals surface area contributed by atoms with Gasteiger partial charge in [0.05, 0.1) is 11.4 Å². The molecule has 4 rings (SSSR count). The maximum absolute atomic E-state index is 12.5. The van der Waals surface area contributed by atoms with Crippen molar-refractivity contribution in [3.8, 4) is 0 Å². The first-order valence-corrected chi connectivity index (χ1v) is 8.08. The molecule has 1 aliphatic heterocycles. The van der Waals surface area contributed by atoms with Crippen LogP contribution < -0.4 is 0 Å². The van der Waals surface area contributed by atoms with E-state index in [9.17, 15) is 13.5 Å². The molecular weight excluding hydrogens is 238 g/mol. The minimum Gasteiger partial charge on any atom is -0.393 e. The number of hydrogen-bond donors (Lipinski definition) is 1. The van der Waals surface area contributed by atoms with Gasteiger partial charge in [-0.05, 0) is 43.4 Å². The van der Waals surface area contributed by atoms with Crippen molar-refractivity contribution in [2.45, 2.75) is 50.4 Å². The molecule has 5 heteroatoms. The van der Waals surface area contributed by atoms with Gasteiger partial charge in [0.1, 0.15) is 0 Å². The summed E-state index contributed by atoms with van der Waals surface area (Å²) in [6.45, 7) is 3.21. The van der Waals surface area contributed by atoms with Crippen LogP contribution in [0.3, 0.4) is 0 Å². The zero-order valence-electron chi connectivity index (χ0n) is 10.3. The summed E-state index contributed by atoms with van der Waals surface area (Å²) in [6, 6.07) is 0. The number of aliphatic hydroxyl groups is 1. The molecule has 3 aliphatic carbocycles. The van der Waals surface area contributed by atoms with Crippen molar-refractivity contribution in [1.29, 1.82) is 0 Å². The van der Waals surface area contributed by atoms with Crippen LogP contribution >= 0.6 is 0 Å². The fourth-order valence-corrected chi connectivity index (χ4v) is 6.32. The van der Waals surface area contributed by atoms with Gasteiger partial charge in [0, 0.05) is 13.1 Å². The van der Waals surface area contributed by atoms with E-state index in [1.54, 1.807) is 4.31 Å². The van der Waals surface area contributed by atoms with Crippen molar-refractivity contribution in [1.82, 2.24) is 4.31 Å². The lowest BCUT2D eigenvalue weighted by Gasteiger charge is -2.35. The lowest BCUT2D eigenvalue weighted by Crippen LogP contribution is -2.45. The average Bonchev–Trinajstić information content (AvgIpc) is 2.72. The molecule has 0 aromatic rings. The average molecular weight is 259 g/mol. The van der Waals surface area contributed by atoms with Gasteiger partial charge in [0.2, 0.25) is 10.0 Å². The molecule has 4 aliphatic rings. The molecule has 0 unspecified atom stereocenters. The number of sulfonamides is 1. The summed E-state index contributed by atoms with van der Waals surface area (Å²) in [5, 5.41) is 9.30. The number of aliphatic hydroxyl groups excluding tert-OH is 1. The summed E-state index contributed by atoms with van der Waals surface area (Å²) in [4.78, 5) is 0. The number of piperidine rings is 1. The summed E-state index contributed by atoms with van der Waals surface area (Å²) in [5.41, 5.74) is 0.303. The summed E-state index contributed by atoms with van der Waals surface area (Å²) in [7, 11) is -3.11. The Morgan fingerprint density at radius 3 is 2.24 bits per heavy atom. The smallest absolute Gasteiger partial charge is 0.217 e. The fourth-order valence-electron chi connectivity index (χ4n) is 3.92. The zero-order valence-corrected chi connectivity index (χ0v) is 11.1. The van der Waals surface area contributed by atoms with E-state index in [0.717, 1.165) is 19.3 Å². The highest BCUT2D eigenvalue weighted by Gasteiger charge is 2.58. The van der Waals surface area contributed by atoms with Crippen LogP contribution in [-0.4, -0.2) is 42.3 Å². The second-order valence-corrected chi connectivity index (χ2v) is 8.55.